The Morgan fingerprint density at radius 1 is 1.25 bits per heavy atom. The smallest absolute Gasteiger partial charge is 0.123 e. The van der Waals surface area contributed by atoms with Gasteiger partial charge in [0.1, 0.15) is 5.75 Å². The summed E-state index contributed by atoms with van der Waals surface area (Å²) >= 11 is 6.11. The summed E-state index contributed by atoms with van der Waals surface area (Å²) < 4.78 is 6.04. The Hall–Kier alpha value is -0.730. The molecule has 1 aromatic rings. The van der Waals surface area contributed by atoms with Crippen molar-refractivity contribution in [1.82, 2.24) is 5.32 Å². The molecule has 1 aliphatic rings. The monoisotopic (exact) mass is 295 g/mol. The second-order valence-corrected chi connectivity index (χ2v) is 7.25. The maximum atomic E-state index is 6.11. The molecule has 1 saturated carbocycles. The molecule has 0 aliphatic heterocycles. The maximum Gasteiger partial charge on any atom is 0.123 e. The fourth-order valence-corrected chi connectivity index (χ4v) is 2.77. The molecule has 2 rings (SSSR count). The van der Waals surface area contributed by atoms with Gasteiger partial charge in [-0.2, -0.15) is 0 Å². The van der Waals surface area contributed by atoms with Crippen molar-refractivity contribution in [2.75, 3.05) is 6.61 Å². The van der Waals surface area contributed by atoms with Crippen LogP contribution in [0.5, 0.6) is 5.75 Å². The Morgan fingerprint density at radius 3 is 2.60 bits per heavy atom. The van der Waals surface area contributed by atoms with E-state index in [0.717, 1.165) is 35.4 Å². The fourth-order valence-electron chi connectivity index (χ4n) is 2.57. The van der Waals surface area contributed by atoms with Gasteiger partial charge in [0.25, 0.3) is 0 Å². The number of benzene rings is 1. The number of rotatable bonds is 5. The molecule has 0 radical (unpaired) electrons. The van der Waals surface area contributed by atoms with Crippen molar-refractivity contribution in [3.05, 3.63) is 28.8 Å². The van der Waals surface area contributed by atoms with Gasteiger partial charge in [0.2, 0.25) is 0 Å². The van der Waals surface area contributed by atoms with Crippen molar-refractivity contribution >= 4 is 11.6 Å². The normalized spacial score (nSPS) is 16.6. The zero-order chi connectivity index (χ0) is 14.6. The van der Waals surface area contributed by atoms with E-state index in [1.54, 1.807) is 0 Å². The molecule has 0 aromatic heterocycles. The van der Waals surface area contributed by atoms with Crippen molar-refractivity contribution in [1.29, 1.82) is 0 Å². The van der Waals surface area contributed by atoms with Crippen LogP contribution in [-0.4, -0.2) is 12.1 Å². The van der Waals surface area contributed by atoms with E-state index in [4.69, 9.17) is 16.3 Å². The Kier molecular flexibility index (Phi) is 5.34. The lowest BCUT2D eigenvalue weighted by Crippen LogP contribution is -2.35. The minimum atomic E-state index is 0.0883. The largest absolute Gasteiger partial charge is 0.493 e. The zero-order valence-electron chi connectivity index (χ0n) is 12.8. The zero-order valence-corrected chi connectivity index (χ0v) is 13.6. The molecule has 1 aromatic carbocycles. The number of halogens is 1. The Balaban J connectivity index is 1.99. The van der Waals surface area contributed by atoms with Crippen molar-refractivity contribution in [3.8, 4) is 5.75 Å². The molecule has 3 heteroatoms. The third-order valence-electron chi connectivity index (χ3n) is 3.78. The van der Waals surface area contributed by atoms with E-state index in [-0.39, 0.29) is 5.54 Å². The van der Waals surface area contributed by atoms with E-state index >= 15 is 0 Å². The van der Waals surface area contributed by atoms with Gasteiger partial charge in [0.05, 0.1) is 6.61 Å². The van der Waals surface area contributed by atoms with Crippen LogP contribution in [0.1, 0.15) is 52.0 Å². The molecule has 0 spiro atoms. The first-order valence-corrected chi connectivity index (χ1v) is 7.98. The van der Waals surface area contributed by atoms with Gasteiger partial charge in [-0.25, -0.2) is 0 Å². The van der Waals surface area contributed by atoms with Crippen LogP contribution in [0.15, 0.2) is 18.2 Å². The highest BCUT2D eigenvalue weighted by molar-refractivity contribution is 6.30. The molecule has 0 saturated heterocycles. The molecule has 20 heavy (non-hydrogen) atoms. The van der Waals surface area contributed by atoms with Gasteiger partial charge < -0.3 is 10.1 Å². The minimum Gasteiger partial charge on any atom is -0.493 e. The van der Waals surface area contributed by atoms with E-state index in [1.165, 1.54) is 25.7 Å². The van der Waals surface area contributed by atoms with Gasteiger partial charge in [-0.05, 0) is 57.7 Å². The highest BCUT2D eigenvalue weighted by atomic mass is 35.5. The minimum absolute atomic E-state index is 0.0883. The lowest BCUT2D eigenvalue weighted by Gasteiger charge is -2.22. The summed E-state index contributed by atoms with van der Waals surface area (Å²) in [6.07, 6.45) is 5.33. The summed E-state index contributed by atoms with van der Waals surface area (Å²) in [6.45, 7) is 8.11. The molecule has 1 N–H and O–H groups in total. The van der Waals surface area contributed by atoms with Crippen molar-refractivity contribution < 1.29 is 4.74 Å². The van der Waals surface area contributed by atoms with Gasteiger partial charge >= 0.3 is 0 Å². The summed E-state index contributed by atoms with van der Waals surface area (Å²) in [6, 6.07) is 5.91. The number of hydrogen-bond donors (Lipinski definition) is 1. The molecule has 1 fully saturated rings. The molecular weight excluding hydrogens is 270 g/mol. The molecule has 0 heterocycles. The first-order chi connectivity index (χ1) is 9.44. The highest BCUT2D eigenvalue weighted by Gasteiger charge is 2.17. The van der Waals surface area contributed by atoms with Gasteiger partial charge in [-0.15, -0.1) is 0 Å². The van der Waals surface area contributed by atoms with E-state index in [1.807, 2.05) is 18.2 Å². The average molecular weight is 296 g/mol. The molecule has 0 bridgehead atoms. The average Bonchev–Trinajstić information content (AvgIpc) is 2.87. The predicted molar refractivity (Wildman–Crippen MR) is 85.5 cm³/mol. The predicted octanol–water partition coefficient (Wildman–Crippen LogP) is 4.80. The maximum absolute atomic E-state index is 6.11. The van der Waals surface area contributed by atoms with Gasteiger partial charge in [-0.3, -0.25) is 0 Å². The molecule has 0 unspecified atom stereocenters. The van der Waals surface area contributed by atoms with E-state index in [2.05, 4.69) is 26.1 Å². The van der Waals surface area contributed by atoms with Crippen LogP contribution in [0.3, 0.4) is 0 Å². The van der Waals surface area contributed by atoms with Crippen LogP contribution in [0.25, 0.3) is 0 Å². The van der Waals surface area contributed by atoms with Gasteiger partial charge in [0, 0.05) is 22.7 Å². The first kappa shape index (κ1) is 15.7. The fraction of sp³-hybridized carbons (Fsp3) is 0.647. The highest BCUT2D eigenvalue weighted by Crippen LogP contribution is 2.28. The van der Waals surface area contributed by atoms with Crippen LogP contribution in [0.2, 0.25) is 5.02 Å². The Morgan fingerprint density at radius 2 is 1.95 bits per heavy atom. The second kappa shape index (κ2) is 6.82. The van der Waals surface area contributed by atoms with Crippen LogP contribution < -0.4 is 10.1 Å². The summed E-state index contributed by atoms with van der Waals surface area (Å²) in [5.74, 6) is 1.70. The van der Waals surface area contributed by atoms with Gasteiger partial charge in [0.15, 0.2) is 0 Å². The van der Waals surface area contributed by atoms with Crippen LogP contribution >= 0.6 is 11.6 Å². The SMILES string of the molecule is CC(C)(C)NCc1cc(Cl)ccc1OCC1CCCC1. The lowest BCUT2D eigenvalue weighted by molar-refractivity contribution is 0.249. The lowest BCUT2D eigenvalue weighted by atomic mass is 10.1. The molecular formula is C17H26ClNO. The molecule has 2 nitrogen and oxygen atoms in total. The van der Waals surface area contributed by atoms with Gasteiger partial charge in [-0.1, -0.05) is 24.4 Å². The van der Waals surface area contributed by atoms with Crippen molar-refractivity contribution in [3.63, 3.8) is 0 Å². The second-order valence-electron chi connectivity index (χ2n) is 6.82. The van der Waals surface area contributed by atoms with E-state index in [0.29, 0.717) is 0 Å². The number of hydrogen-bond acceptors (Lipinski definition) is 2. The first-order valence-electron chi connectivity index (χ1n) is 7.60. The standard InChI is InChI=1S/C17H26ClNO/c1-17(2,3)19-11-14-10-15(18)8-9-16(14)20-12-13-6-4-5-7-13/h8-10,13,19H,4-7,11-12H2,1-3H3. The number of ether oxygens (including phenoxy) is 1. The summed E-state index contributed by atoms with van der Waals surface area (Å²) in [5, 5.41) is 4.26. The topological polar surface area (TPSA) is 21.3 Å². The Labute approximate surface area is 127 Å². The van der Waals surface area contributed by atoms with Crippen molar-refractivity contribution in [2.45, 2.75) is 58.5 Å². The quantitative estimate of drug-likeness (QED) is 0.843. The summed E-state index contributed by atoms with van der Waals surface area (Å²) in [4.78, 5) is 0. The summed E-state index contributed by atoms with van der Waals surface area (Å²) in [5.41, 5.74) is 1.23. The van der Waals surface area contributed by atoms with E-state index < -0.39 is 0 Å². The van der Waals surface area contributed by atoms with Crippen LogP contribution in [0, 0.1) is 5.92 Å². The van der Waals surface area contributed by atoms with Crippen LogP contribution in [0.4, 0.5) is 0 Å². The van der Waals surface area contributed by atoms with E-state index in [9.17, 15) is 0 Å². The third kappa shape index (κ3) is 4.99. The molecule has 0 amide bonds. The number of nitrogens with one attached hydrogen (secondary N) is 1. The van der Waals surface area contributed by atoms with Crippen molar-refractivity contribution in [2.24, 2.45) is 5.92 Å². The Bertz CT molecular complexity index is 433. The summed E-state index contributed by atoms with van der Waals surface area (Å²) in [7, 11) is 0. The third-order valence-corrected chi connectivity index (χ3v) is 4.02. The molecule has 112 valence electrons. The van der Waals surface area contributed by atoms with Crippen LogP contribution in [-0.2, 0) is 6.54 Å². The molecule has 0 atom stereocenters. The molecule has 1 aliphatic carbocycles.